The molecule has 4 heteroatoms. The van der Waals surface area contributed by atoms with Crippen molar-refractivity contribution in [3.63, 3.8) is 0 Å². The minimum Gasteiger partial charge on any atom is -0.331 e. The number of anilines is 1. The standard InChI is InChI=1S/C16H21N3S/c1-11(2)13-5-8-14(9-6-13)17-16(20)19-18-15-7-4-12(3)10-15/h5-6,8-11H,4,7H2,1-3H3,(H2,17,19,20)/b18-15-. The van der Waals surface area contributed by atoms with Crippen molar-refractivity contribution >= 4 is 28.7 Å². The van der Waals surface area contributed by atoms with Gasteiger partial charge in [0.1, 0.15) is 0 Å². The zero-order valence-electron chi connectivity index (χ0n) is 12.2. The molecule has 0 aliphatic heterocycles. The SMILES string of the molecule is CC1=C/C(=N\NC(=S)Nc2ccc(C(C)C)cc2)CC1. The molecule has 0 heterocycles. The van der Waals surface area contributed by atoms with Crippen LogP contribution in [0.2, 0.25) is 0 Å². The van der Waals surface area contributed by atoms with Crippen molar-refractivity contribution in [1.29, 1.82) is 0 Å². The summed E-state index contributed by atoms with van der Waals surface area (Å²) in [7, 11) is 0. The fraction of sp³-hybridized carbons (Fsp3) is 0.375. The Morgan fingerprint density at radius 2 is 1.90 bits per heavy atom. The molecule has 2 rings (SSSR count). The van der Waals surface area contributed by atoms with Gasteiger partial charge in [0.05, 0.1) is 5.71 Å². The van der Waals surface area contributed by atoms with Gasteiger partial charge in [-0.3, -0.25) is 5.43 Å². The lowest BCUT2D eigenvalue weighted by molar-refractivity contribution is 0.867. The molecule has 0 spiro atoms. The first-order chi connectivity index (χ1) is 9.54. The van der Waals surface area contributed by atoms with Crippen LogP contribution in [-0.4, -0.2) is 10.8 Å². The molecule has 0 atom stereocenters. The van der Waals surface area contributed by atoms with Gasteiger partial charge in [-0.25, -0.2) is 0 Å². The fourth-order valence-electron chi connectivity index (χ4n) is 2.08. The average Bonchev–Trinajstić information content (AvgIpc) is 2.83. The highest BCUT2D eigenvalue weighted by Gasteiger charge is 2.06. The largest absolute Gasteiger partial charge is 0.331 e. The molecule has 0 saturated carbocycles. The number of nitrogens with zero attached hydrogens (tertiary/aromatic N) is 1. The first-order valence-electron chi connectivity index (χ1n) is 6.95. The Bertz CT molecular complexity index is 541. The third-order valence-electron chi connectivity index (χ3n) is 3.32. The number of nitrogens with one attached hydrogen (secondary N) is 2. The normalized spacial score (nSPS) is 16.4. The summed E-state index contributed by atoms with van der Waals surface area (Å²) in [6.45, 7) is 6.49. The first-order valence-corrected chi connectivity index (χ1v) is 7.36. The molecule has 20 heavy (non-hydrogen) atoms. The Kier molecular flexibility index (Phi) is 4.90. The number of allylic oxidation sites excluding steroid dienone is 2. The van der Waals surface area contributed by atoms with E-state index in [1.54, 1.807) is 0 Å². The predicted octanol–water partition coefficient (Wildman–Crippen LogP) is 4.19. The second kappa shape index (κ2) is 6.66. The summed E-state index contributed by atoms with van der Waals surface area (Å²) in [6, 6.07) is 8.31. The van der Waals surface area contributed by atoms with E-state index < -0.39 is 0 Å². The maximum Gasteiger partial charge on any atom is 0.191 e. The Morgan fingerprint density at radius 1 is 1.20 bits per heavy atom. The number of rotatable bonds is 3. The Labute approximate surface area is 126 Å². The van der Waals surface area contributed by atoms with Crippen LogP contribution in [0.3, 0.4) is 0 Å². The minimum atomic E-state index is 0.521. The van der Waals surface area contributed by atoms with Crippen molar-refractivity contribution in [3.8, 4) is 0 Å². The topological polar surface area (TPSA) is 36.4 Å². The lowest BCUT2D eigenvalue weighted by Gasteiger charge is -2.09. The highest BCUT2D eigenvalue weighted by atomic mass is 32.1. The molecule has 0 unspecified atom stereocenters. The molecular formula is C16H21N3S. The number of hydrogen-bond donors (Lipinski definition) is 2. The van der Waals surface area contributed by atoms with Crippen LogP contribution >= 0.6 is 12.2 Å². The Hall–Kier alpha value is -1.68. The van der Waals surface area contributed by atoms with Crippen molar-refractivity contribution in [2.24, 2.45) is 5.10 Å². The Morgan fingerprint density at radius 3 is 2.45 bits per heavy atom. The molecular weight excluding hydrogens is 266 g/mol. The molecule has 0 aromatic heterocycles. The first kappa shape index (κ1) is 14.7. The quantitative estimate of drug-likeness (QED) is 0.646. The maximum absolute atomic E-state index is 5.23. The second-order valence-electron chi connectivity index (χ2n) is 5.44. The second-order valence-corrected chi connectivity index (χ2v) is 5.84. The molecule has 2 N–H and O–H groups in total. The number of hydrogen-bond acceptors (Lipinski definition) is 2. The number of benzene rings is 1. The average molecular weight is 287 g/mol. The van der Waals surface area contributed by atoms with Gasteiger partial charge in [-0.1, -0.05) is 31.6 Å². The summed E-state index contributed by atoms with van der Waals surface area (Å²) in [5.74, 6) is 0.540. The van der Waals surface area contributed by atoms with Crippen molar-refractivity contribution in [1.82, 2.24) is 5.43 Å². The van der Waals surface area contributed by atoms with Gasteiger partial charge in [-0.2, -0.15) is 5.10 Å². The van der Waals surface area contributed by atoms with Crippen molar-refractivity contribution in [2.75, 3.05) is 5.32 Å². The molecule has 1 aliphatic carbocycles. The molecule has 0 amide bonds. The van der Waals surface area contributed by atoms with E-state index in [-0.39, 0.29) is 0 Å². The van der Waals surface area contributed by atoms with Crippen LogP contribution < -0.4 is 10.7 Å². The lowest BCUT2D eigenvalue weighted by atomic mass is 10.0. The van der Waals surface area contributed by atoms with Gasteiger partial charge in [0, 0.05) is 5.69 Å². The molecule has 0 saturated heterocycles. The number of thiocarbonyl (C=S) groups is 1. The Balaban J connectivity index is 1.88. The van der Waals surface area contributed by atoms with Crippen LogP contribution in [0.15, 0.2) is 41.0 Å². The van der Waals surface area contributed by atoms with Crippen LogP contribution in [0.1, 0.15) is 45.1 Å². The van der Waals surface area contributed by atoms with E-state index in [0.717, 1.165) is 24.2 Å². The van der Waals surface area contributed by atoms with Crippen LogP contribution in [-0.2, 0) is 0 Å². The molecule has 3 nitrogen and oxygen atoms in total. The summed E-state index contributed by atoms with van der Waals surface area (Å²) < 4.78 is 0. The van der Waals surface area contributed by atoms with Crippen molar-refractivity contribution < 1.29 is 0 Å². The monoisotopic (exact) mass is 287 g/mol. The molecule has 1 aliphatic rings. The van der Waals surface area contributed by atoms with E-state index in [2.05, 4.69) is 54.8 Å². The summed E-state index contributed by atoms with van der Waals surface area (Å²) in [6.07, 6.45) is 4.19. The van der Waals surface area contributed by atoms with Gasteiger partial charge < -0.3 is 5.32 Å². The van der Waals surface area contributed by atoms with Gasteiger partial charge in [0.2, 0.25) is 0 Å². The minimum absolute atomic E-state index is 0.521. The van der Waals surface area contributed by atoms with Gasteiger partial charge in [0.25, 0.3) is 0 Å². The molecule has 0 radical (unpaired) electrons. The zero-order valence-corrected chi connectivity index (χ0v) is 13.1. The van der Waals surface area contributed by atoms with Gasteiger partial charge in [-0.05, 0) is 61.7 Å². The summed E-state index contributed by atoms with van der Waals surface area (Å²) >= 11 is 5.23. The molecule has 0 fully saturated rings. The van der Waals surface area contributed by atoms with E-state index in [9.17, 15) is 0 Å². The van der Waals surface area contributed by atoms with Crippen LogP contribution in [0.5, 0.6) is 0 Å². The zero-order chi connectivity index (χ0) is 14.5. The summed E-state index contributed by atoms with van der Waals surface area (Å²) in [5.41, 5.74) is 7.62. The number of hydrazone groups is 1. The van der Waals surface area contributed by atoms with Crippen LogP contribution in [0.25, 0.3) is 0 Å². The third-order valence-corrected chi connectivity index (χ3v) is 3.52. The maximum atomic E-state index is 5.23. The van der Waals surface area contributed by atoms with Gasteiger partial charge >= 0.3 is 0 Å². The van der Waals surface area contributed by atoms with E-state index in [1.165, 1.54) is 11.1 Å². The van der Waals surface area contributed by atoms with Gasteiger partial charge in [0.15, 0.2) is 5.11 Å². The van der Waals surface area contributed by atoms with E-state index in [4.69, 9.17) is 12.2 Å². The third kappa shape index (κ3) is 4.17. The van der Waals surface area contributed by atoms with Crippen LogP contribution in [0, 0.1) is 0 Å². The van der Waals surface area contributed by atoms with Crippen molar-refractivity contribution in [2.45, 2.75) is 39.5 Å². The molecule has 0 bridgehead atoms. The molecule has 1 aromatic rings. The lowest BCUT2D eigenvalue weighted by Crippen LogP contribution is -2.24. The van der Waals surface area contributed by atoms with Crippen LogP contribution in [0.4, 0.5) is 5.69 Å². The molecule has 106 valence electrons. The summed E-state index contributed by atoms with van der Waals surface area (Å²) in [5, 5.41) is 7.96. The van der Waals surface area contributed by atoms with E-state index in [0.29, 0.717) is 11.0 Å². The smallest absolute Gasteiger partial charge is 0.191 e. The molecule has 1 aromatic carbocycles. The van der Waals surface area contributed by atoms with Gasteiger partial charge in [-0.15, -0.1) is 0 Å². The van der Waals surface area contributed by atoms with E-state index in [1.807, 2.05) is 12.1 Å². The highest BCUT2D eigenvalue weighted by molar-refractivity contribution is 7.80. The highest BCUT2D eigenvalue weighted by Crippen LogP contribution is 2.17. The predicted molar refractivity (Wildman–Crippen MR) is 90.3 cm³/mol. The van der Waals surface area contributed by atoms with Crippen molar-refractivity contribution in [3.05, 3.63) is 41.5 Å². The summed E-state index contributed by atoms with van der Waals surface area (Å²) in [4.78, 5) is 0. The van der Waals surface area contributed by atoms with E-state index >= 15 is 0 Å². The fourth-order valence-corrected chi connectivity index (χ4v) is 2.24.